The molecule has 0 aliphatic carbocycles. The van der Waals surface area contributed by atoms with Gasteiger partial charge in [-0.2, -0.15) is 5.10 Å². The number of anilines is 1. The zero-order valence-electron chi connectivity index (χ0n) is 13.3. The van der Waals surface area contributed by atoms with Crippen LogP contribution in [0.15, 0.2) is 35.1 Å². The number of nitrogens with one attached hydrogen (secondary N) is 1. The maximum Gasteiger partial charge on any atom is 0.0992 e. The number of hydrogen-bond donors (Lipinski definition) is 2. The van der Waals surface area contributed by atoms with Crippen molar-refractivity contribution in [3.8, 4) is 0 Å². The third kappa shape index (κ3) is 3.23. The van der Waals surface area contributed by atoms with Crippen molar-refractivity contribution >= 4 is 32.5 Å². The Labute approximate surface area is 143 Å². The number of rotatable bonds is 4. The molecular weight excluding hydrogens is 356 g/mol. The van der Waals surface area contributed by atoms with Gasteiger partial charge in [-0.3, -0.25) is 9.67 Å². The number of aromatic nitrogens is 3. The minimum absolute atomic E-state index is 0.414. The van der Waals surface area contributed by atoms with E-state index in [4.69, 9.17) is 0 Å². The number of halogens is 1. The largest absolute Gasteiger partial charge is 0.386 e. The molecule has 0 aliphatic heterocycles. The maximum absolute atomic E-state index is 10.3. The van der Waals surface area contributed by atoms with Crippen LogP contribution >= 0.6 is 15.9 Å². The summed E-state index contributed by atoms with van der Waals surface area (Å²) in [4.78, 5) is 4.63. The summed E-state index contributed by atoms with van der Waals surface area (Å²) in [7, 11) is 1.84. The second kappa shape index (κ2) is 6.29. The second-order valence-corrected chi connectivity index (χ2v) is 6.62. The van der Waals surface area contributed by atoms with E-state index in [9.17, 15) is 5.11 Å². The van der Waals surface area contributed by atoms with Crippen molar-refractivity contribution in [2.75, 3.05) is 11.9 Å². The van der Waals surface area contributed by atoms with Crippen LogP contribution in [0.25, 0.3) is 10.9 Å². The van der Waals surface area contributed by atoms with Crippen LogP contribution in [-0.4, -0.2) is 26.4 Å². The second-order valence-electron chi connectivity index (χ2n) is 5.70. The topological polar surface area (TPSA) is 63.0 Å². The van der Waals surface area contributed by atoms with Gasteiger partial charge in [-0.1, -0.05) is 15.9 Å². The summed E-state index contributed by atoms with van der Waals surface area (Å²) >= 11 is 3.51. The number of nitrogens with zero attached hydrogens (tertiary/aromatic N) is 3. The lowest BCUT2D eigenvalue weighted by Crippen LogP contribution is -2.13. The van der Waals surface area contributed by atoms with E-state index in [2.05, 4.69) is 31.3 Å². The van der Waals surface area contributed by atoms with Crippen molar-refractivity contribution in [3.63, 3.8) is 0 Å². The van der Waals surface area contributed by atoms with Crippen LogP contribution in [-0.2, 0) is 7.05 Å². The van der Waals surface area contributed by atoms with Crippen LogP contribution in [0.2, 0.25) is 0 Å². The molecule has 0 spiro atoms. The van der Waals surface area contributed by atoms with E-state index in [1.54, 1.807) is 10.9 Å². The molecule has 0 saturated carbocycles. The van der Waals surface area contributed by atoms with Crippen molar-refractivity contribution in [3.05, 3.63) is 51.9 Å². The standard InChI is InChI=1S/C17H19BrN4O/c1-10-11(2)21-15-5-4-13(18)6-14(15)17(10)19-8-16(23)12-7-20-22(3)9-12/h4-7,9,16,23H,8H2,1-3H3,(H,19,21). The third-order valence-electron chi connectivity index (χ3n) is 4.02. The zero-order chi connectivity index (χ0) is 16.6. The van der Waals surface area contributed by atoms with Crippen molar-refractivity contribution < 1.29 is 5.11 Å². The van der Waals surface area contributed by atoms with Gasteiger partial charge in [0.15, 0.2) is 0 Å². The lowest BCUT2D eigenvalue weighted by atomic mass is 10.1. The van der Waals surface area contributed by atoms with Crippen LogP contribution in [0, 0.1) is 13.8 Å². The molecule has 0 fully saturated rings. The number of pyridine rings is 1. The van der Waals surface area contributed by atoms with Crippen molar-refractivity contribution in [1.29, 1.82) is 0 Å². The molecule has 6 heteroatoms. The van der Waals surface area contributed by atoms with Crippen molar-refractivity contribution in [1.82, 2.24) is 14.8 Å². The Morgan fingerprint density at radius 1 is 1.35 bits per heavy atom. The highest BCUT2D eigenvalue weighted by atomic mass is 79.9. The van der Waals surface area contributed by atoms with Crippen LogP contribution in [0.5, 0.6) is 0 Å². The first kappa shape index (κ1) is 16.0. The van der Waals surface area contributed by atoms with E-state index >= 15 is 0 Å². The highest BCUT2D eigenvalue weighted by Gasteiger charge is 2.13. The molecule has 1 atom stereocenters. The summed E-state index contributed by atoms with van der Waals surface area (Å²) in [6.45, 7) is 4.46. The van der Waals surface area contributed by atoms with Gasteiger partial charge in [0, 0.05) is 46.6 Å². The summed E-state index contributed by atoms with van der Waals surface area (Å²) < 4.78 is 2.69. The molecule has 2 heterocycles. The van der Waals surface area contributed by atoms with Gasteiger partial charge in [0.05, 0.1) is 17.8 Å². The molecule has 0 aliphatic rings. The highest BCUT2D eigenvalue weighted by Crippen LogP contribution is 2.30. The SMILES string of the molecule is Cc1nc2ccc(Br)cc2c(NCC(O)c2cnn(C)c2)c1C. The minimum Gasteiger partial charge on any atom is -0.386 e. The number of aryl methyl sites for hydroxylation is 2. The van der Waals surface area contributed by atoms with E-state index in [0.717, 1.165) is 37.9 Å². The Balaban J connectivity index is 1.92. The van der Waals surface area contributed by atoms with Gasteiger partial charge >= 0.3 is 0 Å². The predicted octanol–water partition coefficient (Wildman–Crippen LogP) is 3.49. The van der Waals surface area contributed by atoms with E-state index in [-0.39, 0.29) is 0 Å². The van der Waals surface area contributed by atoms with Crippen LogP contribution in [0.4, 0.5) is 5.69 Å². The van der Waals surface area contributed by atoms with Gasteiger partial charge in [0.25, 0.3) is 0 Å². The fourth-order valence-corrected chi connectivity index (χ4v) is 2.97. The number of benzene rings is 1. The molecule has 1 unspecified atom stereocenters. The Hall–Kier alpha value is -1.92. The molecule has 0 saturated heterocycles. The van der Waals surface area contributed by atoms with E-state index in [1.807, 2.05) is 45.3 Å². The molecular formula is C17H19BrN4O. The van der Waals surface area contributed by atoms with Gasteiger partial charge in [-0.05, 0) is 37.6 Å². The average Bonchev–Trinajstić information content (AvgIpc) is 2.95. The van der Waals surface area contributed by atoms with E-state index < -0.39 is 6.10 Å². The normalized spacial score (nSPS) is 12.6. The predicted molar refractivity (Wildman–Crippen MR) is 95.6 cm³/mol. The van der Waals surface area contributed by atoms with E-state index in [1.165, 1.54) is 0 Å². The van der Waals surface area contributed by atoms with Gasteiger partial charge in [-0.25, -0.2) is 0 Å². The van der Waals surface area contributed by atoms with Crippen LogP contribution in [0.1, 0.15) is 22.9 Å². The Morgan fingerprint density at radius 2 is 2.13 bits per heavy atom. The summed E-state index contributed by atoms with van der Waals surface area (Å²) in [6, 6.07) is 6.03. The van der Waals surface area contributed by atoms with Gasteiger partial charge in [-0.15, -0.1) is 0 Å². The fraction of sp³-hybridized carbons (Fsp3) is 0.294. The monoisotopic (exact) mass is 374 g/mol. The van der Waals surface area contributed by atoms with Gasteiger partial charge in [0.2, 0.25) is 0 Å². The molecule has 1 aromatic carbocycles. The van der Waals surface area contributed by atoms with E-state index in [0.29, 0.717) is 6.54 Å². The first-order valence-electron chi connectivity index (χ1n) is 7.42. The molecule has 120 valence electrons. The summed E-state index contributed by atoms with van der Waals surface area (Å²) in [5, 5.41) is 18.9. The average molecular weight is 375 g/mol. The highest BCUT2D eigenvalue weighted by molar-refractivity contribution is 9.10. The number of fused-ring (bicyclic) bond motifs is 1. The Bertz CT molecular complexity index is 859. The first-order valence-corrected chi connectivity index (χ1v) is 8.22. The summed E-state index contributed by atoms with van der Waals surface area (Å²) in [6.07, 6.45) is 2.90. The summed E-state index contributed by atoms with van der Waals surface area (Å²) in [5.41, 5.74) is 4.83. The third-order valence-corrected chi connectivity index (χ3v) is 4.51. The number of aliphatic hydroxyl groups is 1. The zero-order valence-corrected chi connectivity index (χ0v) is 14.9. The molecule has 3 aromatic rings. The van der Waals surface area contributed by atoms with Gasteiger partial charge < -0.3 is 10.4 Å². The molecule has 23 heavy (non-hydrogen) atoms. The first-order chi connectivity index (χ1) is 11.0. The molecule has 0 amide bonds. The molecule has 0 bridgehead atoms. The van der Waals surface area contributed by atoms with Crippen LogP contribution in [0.3, 0.4) is 0 Å². The fourth-order valence-electron chi connectivity index (χ4n) is 2.61. The lowest BCUT2D eigenvalue weighted by Gasteiger charge is -2.17. The minimum atomic E-state index is -0.612. The lowest BCUT2D eigenvalue weighted by molar-refractivity contribution is 0.191. The molecule has 5 nitrogen and oxygen atoms in total. The maximum atomic E-state index is 10.3. The molecule has 0 radical (unpaired) electrons. The molecule has 3 rings (SSSR count). The number of hydrogen-bond acceptors (Lipinski definition) is 4. The summed E-state index contributed by atoms with van der Waals surface area (Å²) in [5.74, 6) is 0. The number of aliphatic hydroxyl groups excluding tert-OH is 1. The smallest absolute Gasteiger partial charge is 0.0992 e. The van der Waals surface area contributed by atoms with Gasteiger partial charge in [0.1, 0.15) is 0 Å². The van der Waals surface area contributed by atoms with Crippen LogP contribution < -0.4 is 5.32 Å². The Morgan fingerprint density at radius 3 is 2.83 bits per heavy atom. The van der Waals surface area contributed by atoms with Crippen molar-refractivity contribution in [2.24, 2.45) is 7.05 Å². The van der Waals surface area contributed by atoms with Crippen molar-refractivity contribution in [2.45, 2.75) is 20.0 Å². The molecule has 2 aromatic heterocycles. The quantitative estimate of drug-likeness (QED) is 0.733. The molecule has 2 N–H and O–H groups in total. The Kier molecular flexibility index (Phi) is 4.37.